The van der Waals surface area contributed by atoms with E-state index in [1.54, 1.807) is 6.20 Å². The normalized spacial score (nSPS) is 18.8. The van der Waals surface area contributed by atoms with Gasteiger partial charge in [-0.2, -0.15) is 0 Å². The van der Waals surface area contributed by atoms with E-state index >= 15 is 0 Å². The van der Waals surface area contributed by atoms with Crippen molar-refractivity contribution in [3.8, 4) is 0 Å². The number of hydrogen-bond acceptors (Lipinski definition) is 4. The summed E-state index contributed by atoms with van der Waals surface area (Å²) in [5.74, 6) is 0.857. The van der Waals surface area contributed by atoms with Gasteiger partial charge >= 0.3 is 0 Å². The van der Waals surface area contributed by atoms with Crippen LogP contribution in [0.2, 0.25) is 0 Å². The van der Waals surface area contributed by atoms with Crippen LogP contribution in [0, 0.1) is 5.92 Å². The maximum absolute atomic E-state index is 12.9. The van der Waals surface area contributed by atoms with Crippen LogP contribution in [-0.4, -0.2) is 66.5 Å². The molecule has 1 aromatic carbocycles. The summed E-state index contributed by atoms with van der Waals surface area (Å²) >= 11 is 0. The number of piperazine rings is 1. The molecule has 0 saturated carbocycles. The van der Waals surface area contributed by atoms with Crippen molar-refractivity contribution < 1.29 is 4.79 Å². The quantitative estimate of drug-likeness (QED) is 0.783. The first kappa shape index (κ1) is 19.9. The average molecular weight is 393 g/mol. The number of anilines is 1. The molecule has 0 aliphatic carbocycles. The maximum Gasteiger partial charge on any atom is 0.255 e. The Kier molecular flexibility index (Phi) is 6.45. The summed E-state index contributed by atoms with van der Waals surface area (Å²) in [5.41, 5.74) is 3.24. The smallest absolute Gasteiger partial charge is 0.255 e. The molecule has 2 aliphatic rings. The van der Waals surface area contributed by atoms with E-state index in [1.165, 1.54) is 18.4 Å². The molecule has 0 unspecified atom stereocenters. The van der Waals surface area contributed by atoms with Crippen molar-refractivity contribution in [2.24, 2.45) is 5.92 Å². The second-order valence-corrected chi connectivity index (χ2v) is 8.28. The molecule has 29 heavy (non-hydrogen) atoms. The molecule has 2 fully saturated rings. The Morgan fingerprint density at radius 2 is 1.72 bits per heavy atom. The molecule has 154 valence electrons. The lowest BCUT2D eigenvalue weighted by Crippen LogP contribution is -2.48. The van der Waals surface area contributed by atoms with E-state index in [-0.39, 0.29) is 5.91 Å². The molecule has 2 aliphatic heterocycles. The first-order chi connectivity index (χ1) is 14.2. The Morgan fingerprint density at radius 1 is 1.00 bits per heavy atom. The summed E-state index contributed by atoms with van der Waals surface area (Å²) < 4.78 is 0. The van der Waals surface area contributed by atoms with Gasteiger partial charge in [0.25, 0.3) is 5.91 Å². The molecule has 5 nitrogen and oxygen atoms in total. The molecule has 4 rings (SSSR count). The van der Waals surface area contributed by atoms with Gasteiger partial charge in [-0.1, -0.05) is 37.3 Å². The largest absolute Gasteiger partial charge is 0.370 e. The minimum Gasteiger partial charge on any atom is -0.370 e. The van der Waals surface area contributed by atoms with Gasteiger partial charge in [-0.25, -0.2) is 0 Å². The van der Waals surface area contributed by atoms with E-state index in [1.807, 2.05) is 17.2 Å². The van der Waals surface area contributed by atoms with E-state index in [0.29, 0.717) is 0 Å². The summed E-state index contributed by atoms with van der Waals surface area (Å²) in [5, 5.41) is 0. The van der Waals surface area contributed by atoms with E-state index < -0.39 is 0 Å². The molecule has 2 saturated heterocycles. The lowest BCUT2D eigenvalue weighted by molar-refractivity contribution is 0.0643. The van der Waals surface area contributed by atoms with Crippen molar-refractivity contribution in [1.29, 1.82) is 0 Å². The topological polar surface area (TPSA) is 39.7 Å². The monoisotopic (exact) mass is 392 g/mol. The minimum atomic E-state index is 0.120. The lowest BCUT2D eigenvalue weighted by atomic mass is 9.90. The number of pyridine rings is 1. The van der Waals surface area contributed by atoms with Crippen LogP contribution in [0.3, 0.4) is 0 Å². The van der Waals surface area contributed by atoms with Gasteiger partial charge in [0.1, 0.15) is 0 Å². The molecular weight excluding hydrogens is 360 g/mol. The molecule has 0 atom stereocenters. The van der Waals surface area contributed by atoms with Crippen LogP contribution in [0.4, 0.5) is 5.69 Å². The zero-order chi connectivity index (χ0) is 20.1. The van der Waals surface area contributed by atoms with E-state index in [0.717, 1.165) is 69.4 Å². The zero-order valence-electron chi connectivity index (χ0n) is 17.5. The number of nitrogens with zero attached hydrogens (tertiary/aromatic N) is 4. The third-order valence-corrected chi connectivity index (χ3v) is 6.42. The Morgan fingerprint density at radius 3 is 2.41 bits per heavy atom. The number of benzene rings is 1. The van der Waals surface area contributed by atoms with Crippen molar-refractivity contribution in [2.45, 2.75) is 26.2 Å². The number of likely N-dealkylation sites (N-methyl/N-ethyl adjacent to an activating group) is 1. The Balaban J connectivity index is 1.34. The van der Waals surface area contributed by atoms with Gasteiger partial charge in [-0.15, -0.1) is 0 Å². The lowest BCUT2D eigenvalue weighted by Gasteiger charge is -2.35. The van der Waals surface area contributed by atoms with Gasteiger partial charge in [-0.3, -0.25) is 9.78 Å². The average Bonchev–Trinajstić information content (AvgIpc) is 2.80. The van der Waals surface area contributed by atoms with E-state index in [9.17, 15) is 4.79 Å². The molecule has 5 heteroatoms. The maximum atomic E-state index is 12.9. The van der Waals surface area contributed by atoms with Crippen molar-refractivity contribution in [3.05, 3.63) is 59.9 Å². The van der Waals surface area contributed by atoms with Crippen molar-refractivity contribution in [3.63, 3.8) is 0 Å². The van der Waals surface area contributed by atoms with Crippen LogP contribution < -0.4 is 4.90 Å². The van der Waals surface area contributed by atoms with Gasteiger partial charge in [0.05, 0.1) is 17.4 Å². The fraction of sp³-hybridized carbons (Fsp3) is 0.500. The first-order valence-corrected chi connectivity index (χ1v) is 11.0. The molecule has 0 spiro atoms. The number of aromatic nitrogens is 1. The van der Waals surface area contributed by atoms with Gasteiger partial charge in [-0.05, 0) is 43.4 Å². The fourth-order valence-corrected chi connectivity index (χ4v) is 4.51. The van der Waals surface area contributed by atoms with Crippen LogP contribution in [0.25, 0.3) is 0 Å². The van der Waals surface area contributed by atoms with Crippen molar-refractivity contribution >= 4 is 11.6 Å². The second-order valence-electron chi connectivity index (χ2n) is 8.28. The number of carbonyl (C=O) groups is 1. The van der Waals surface area contributed by atoms with Gasteiger partial charge in [0, 0.05) is 45.5 Å². The van der Waals surface area contributed by atoms with Crippen LogP contribution >= 0.6 is 0 Å². The molecule has 0 N–H and O–H groups in total. The number of amides is 1. The molecule has 2 aromatic rings. The summed E-state index contributed by atoms with van der Waals surface area (Å²) in [7, 11) is 0. The molecular formula is C24H32N4O. The molecule has 0 bridgehead atoms. The number of hydrogen-bond donors (Lipinski definition) is 0. The summed E-state index contributed by atoms with van der Waals surface area (Å²) in [6, 6.07) is 12.8. The second kappa shape index (κ2) is 9.40. The Labute approximate surface area is 174 Å². The highest BCUT2D eigenvalue weighted by molar-refractivity contribution is 5.94. The standard InChI is InChI=1S/C24H32N4O/c1-2-26-12-14-28(15-13-26)24(29)22-17-23(19-25-18-22)27-10-8-21(9-11-27)16-20-6-4-3-5-7-20/h3-7,17-19,21H,2,8-16H2,1H3. The molecule has 0 radical (unpaired) electrons. The summed E-state index contributed by atoms with van der Waals surface area (Å²) in [4.78, 5) is 24.1. The number of carbonyl (C=O) groups excluding carboxylic acids is 1. The van der Waals surface area contributed by atoms with Gasteiger partial charge < -0.3 is 14.7 Å². The van der Waals surface area contributed by atoms with Gasteiger partial charge in [0.15, 0.2) is 0 Å². The fourth-order valence-electron chi connectivity index (χ4n) is 4.51. The third kappa shape index (κ3) is 4.96. The zero-order valence-corrected chi connectivity index (χ0v) is 17.5. The number of piperidine rings is 1. The van der Waals surface area contributed by atoms with Crippen LogP contribution in [0.5, 0.6) is 0 Å². The molecule has 1 amide bonds. The van der Waals surface area contributed by atoms with Crippen molar-refractivity contribution in [1.82, 2.24) is 14.8 Å². The third-order valence-electron chi connectivity index (χ3n) is 6.42. The number of rotatable bonds is 5. The predicted octanol–water partition coefficient (Wildman–Crippen LogP) is 3.32. The molecule has 1 aromatic heterocycles. The minimum absolute atomic E-state index is 0.120. The van der Waals surface area contributed by atoms with Crippen LogP contribution in [0.1, 0.15) is 35.7 Å². The van der Waals surface area contributed by atoms with Gasteiger partial charge in [0.2, 0.25) is 0 Å². The highest BCUT2D eigenvalue weighted by atomic mass is 16.2. The Hall–Kier alpha value is -2.40. The Bertz CT molecular complexity index is 794. The first-order valence-electron chi connectivity index (χ1n) is 11.0. The molecule has 3 heterocycles. The van der Waals surface area contributed by atoms with Crippen LogP contribution in [-0.2, 0) is 6.42 Å². The van der Waals surface area contributed by atoms with Crippen LogP contribution in [0.15, 0.2) is 48.8 Å². The highest BCUT2D eigenvalue weighted by Gasteiger charge is 2.24. The highest BCUT2D eigenvalue weighted by Crippen LogP contribution is 2.26. The van der Waals surface area contributed by atoms with E-state index in [4.69, 9.17) is 0 Å². The van der Waals surface area contributed by atoms with E-state index in [2.05, 4.69) is 52.0 Å². The van der Waals surface area contributed by atoms with Crippen molar-refractivity contribution in [2.75, 3.05) is 50.7 Å². The SMILES string of the molecule is CCN1CCN(C(=O)c2cncc(N3CCC(Cc4ccccc4)CC3)c2)CC1. The summed E-state index contributed by atoms with van der Waals surface area (Å²) in [6.07, 6.45) is 7.16. The predicted molar refractivity (Wildman–Crippen MR) is 117 cm³/mol. The summed E-state index contributed by atoms with van der Waals surface area (Å²) in [6.45, 7) is 8.84.